The summed E-state index contributed by atoms with van der Waals surface area (Å²) < 4.78 is 0. The molecule has 0 saturated carbocycles. The molecule has 0 bridgehead atoms. The summed E-state index contributed by atoms with van der Waals surface area (Å²) in [5.74, 6) is 0.167. The Morgan fingerprint density at radius 2 is 1.92 bits per heavy atom. The van der Waals surface area contributed by atoms with Gasteiger partial charge in [0.1, 0.15) is 6.23 Å². The second kappa shape index (κ2) is 5.00. The molecule has 0 saturated heterocycles. The monoisotopic (exact) mass is 179 g/mol. The van der Waals surface area contributed by atoms with Gasteiger partial charge in [0.2, 0.25) is 0 Å². The van der Waals surface area contributed by atoms with Gasteiger partial charge >= 0.3 is 0 Å². The van der Waals surface area contributed by atoms with E-state index in [4.69, 9.17) is 10.8 Å². The van der Waals surface area contributed by atoms with Gasteiger partial charge in [-0.25, -0.2) is 0 Å². The summed E-state index contributed by atoms with van der Waals surface area (Å²) in [6.45, 7) is 1.97. The van der Waals surface area contributed by atoms with Gasteiger partial charge in [0.25, 0.3) is 0 Å². The van der Waals surface area contributed by atoms with E-state index < -0.39 is 6.23 Å². The van der Waals surface area contributed by atoms with E-state index in [1.165, 1.54) is 5.56 Å². The zero-order chi connectivity index (χ0) is 9.68. The van der Waals surface area contributed by atoms with Gasteiger partial charge in [0.15, 0.2) is 0 Å². The summed E-state index contributed by atoms with van der Waals surface area (Å²) in [6, 6.07) is 10.2. The van der Waals surface area contributed by atoms with Crippen LogP contribution >= 0.6 is 0 Å². The lowest BCUT2D eigenvalue weighted by Crippen LogP contribution is -2.27. The average molecular weight is 179 g/mol. The number of nitrogens with two attached hydrogens (primary N) is 1. The van der Waals surface area contributed by atoms with Crippen molar-refractivity contribution in [1.82, 2.24) is 0 Å². The molecule has 2 unspecified atom stereocenters. The minimum absolute atomic E-state index is 0.167. The van der Waals surface area contributed by atoms with Gasteiger partial charge < -0.3 is 10.8 Å². The van der Waals surface area contributed by atoms with Crippen LogP contribution in [-0.4, -0.2) is 11.3 Å². The third kappa shape index (κ3) is 3.57. The SMILES string of the molecule is CC(CCc1ccccc1)C(N)O. The molecular formula is C11H17NO. The fourth-order valence-electron chi connectivity index (χ4n) is 1.21. The Labute approximate surface area is 79.4 Å². The number of aryl methyl sites for hydroxylation is 1. The topological polar surface area (TPSA) is 46.2 Å². The van der Waals surface area contributed by atoms with Crippen LogP contribution < -0.4 is 5.73 Å². The molecule has 1 aromatic carbocycles. The Morgan fingerprint density at radius 1 is 1.31 bits per heavy atom. The third-order valence-corrected chi connectivity index (χ3v) is 2.31. The lowest BCUT2D eigenvalue weighted by atomic mass is 10.0. The molecule has 0 radical (unpaired) electrons. The van der Waals surface area contributed by atoms with Crippen LogP contribution in [0.1, 0.15) is 18.9 Å². The smallest absolute Gasteiger partial charge is 0.105 e. The molecule has 2 nitrogen and oxygen atoms in total. The summed E-state index contributed by atoms with van der Waals surface area (Å²) in [6.07, 6.45) is 1.22. The van der Waals surface area contributed by atoms with Crippen LogP contribution in [0.25, 0.3) is 0 Å². The Bertz CT molecular complexity index is 233. The Balaban J connectivity index is 2.35. The van der Waals surface area contributed by atoms with E-state index in [0.29, 0.717) is 0 Å². The molecule has 3 N–H and O–H groups in total. The van der Waals surface area contributed by atoms with Gasteiger partial charge in [-0.1, -0.05) is 37.3 Å². The summed E-state index contributed by atoms with van der Waals surface area (Å²) in [7, 11) is 0. The van der Waals surface area contributed by atoms with Crippen molar-refractivity contribution >= 4 is 0 Å². The summed E-state index contributed by atoms with van der Waals surface area (Å²) >= 11 is 0. The van der Waals surface area contributed by atoms with Crippen LogP contribution in [0.2, 0.25) is 0 Å². The number of aliphatic hydroxyl groups excluding tert-OH is 1. The van der Waals surface area contributed by atoms with Crippen molar-refractivity contribution in [3.05, 3.63) is 35.9 Å². The van der Waals surface area contributed by atoms with E-state index in [1.807, 2.05) is 25.1 Å². The van der Waals surface area contributed by atoms with Crippen molar-refractivity contribution in [2.75, 3.05) is 0 Å². The van der Waals surface area contributed by atoms with Crippen LogP contribution in [0.15, 0.2) is 30.3 Å². The fourth-order valence-corrected chi connectivity index (χ4v) is 1.21. The summed E-state index contributed by atoms with van der Waals surface area (Å²) in [5, 5.41) is 9.08. The first-order chi connectivity index (χ1) is 6.20. The lowest BCUT2D eigenvalue weighted by Gasteiger charge is -2.13. The number of rotatable bonds is 4. The highest BCUT2D eigenvalue weighted by molar-refractivity contribution is 5.14. The standard InChI is InChI=1S/C11H17NO/c1-9(11(12)13)7-8-10-5-3-2-4-6-10/h2-6,9,11,13H,7-8,12H2,1H3. The Kier molecular flexibility index (Phi) is 3.93. The third-order valence-electron chi connectivity index (χ3n) is 2.31. The Hall–Kier alpha value is -0.860. The van der Waals surface area contributed by atoms with Gasteiger partial charge in [-0.2, -0.15) is 0 Å². The van der Waals surface area contributed by atoms with Crippen LogP contribution in [0, 0.1) is 5.92 Å². The predicted octanol–water partition coefficient (Wildman–Crippen LogP) is 1.53. The van der Waals surface area contributed by atoms with Crippen molar-refractivity contribution in [3.8, 4) is 0 Å². The van der Waals surface area contributed by atoms with Gasteiger partial charge in [-0.05, 0) is 24.3 Å². The van der Waals surface area contributed by atoms with E-state index in [0.717, 1.165) is 12.8 Å². The summed E-state index contributed by atoms with van der Waals surface area (Å²) in [5.41, 5.74) is 6.66. The van der Waals surface area contributed by atoms with Crippen molar-refractivity contribution in [2.45, 2.75) is 26.0 Å². The van der Waals surface area contributed by atoms with Crippen LogP contribution in [0.3, 0.4) is 0 Å². The van der Waals surface area contributed by atoms with E-state index in [1.54, 1.807) is 0 Å². The first-order valence-electron chi connectivity index (χ1n) is 4.67. The van der Waals surface area contributed by atoms with E-state index in [-0.39, 0.29) is 5.92 Å². The first kappa shape index (κ1) is 10.2. The predicted molar refractivity (Wildman–Crippen MR) is 54.1 cm³/mol. The highest BCUT2D eigenvalue weighted by Crippen LogP contribution is 2.10. The first-order valence-corrected chi connectivity index (χ1v) is 4.67. The maximum absolute atomic E-state index is 9.08. The number of benzene rings is 1. The number of hydrogen-bond donors (Lipinski definition) is 2. The van der Waals surface area contributed by atoms with Crippen LogP contribution in [-0.2, 0) is 6.42 Å². The minimum atomic E-state index is -0.691. The van der Waals surface area contributed by atoms with Crippen molar-refractivity contribution in [2.24, 2.45) is 11.7 Å². The molecule has 0 aliphatic heterocycles. The van der Waals surface area contributed by atoms with E-state index in [2.05, 4.69) is 12.1 Å². The average Bonchev–Trinajstić information content (AvgIpc) is 2.15. The molecule has 0 aromatic heterocycles. The lowest BCUT2D eigenvalue weighted by molar-refractivity contribution is 0.118. The Morgan fingerprint density at radius 3 is 2.46 bits per heavy atom. The number of hydrogen-bond acceptors (Lipinski definition) is 2. The maximum atomic E-state index is 9.08. The quantitative estimate of drug-likeness (QED) is 0.688. The van der Waals surface area contributed by atoms with Crippen molar-refractivity contribution in [1.29, 1.82) is 0 Å². The van der Waals surface area contributed by atoms with Gasteiger partial charge in [-0.3, -0.25) is 0 Å². The van der Waals surface area contributed by atoms with Crippen molar-refractivity contribution in [3.63, 3.8) is 0 Å². The molecular weight excluding hydrogens is 162 g/mol. The van der Waals surface area contributed by atoms with Gasteiger partial charge in [0.05, 0.1) is 0 Å². The van der Waals surface area contributed by atoms with Crippen molar-refractivity contribution < 1.29 is 5.11 Å². The minimum Gasteiger partial charge on any atom is -0.379 e. The molecule has 1 rings (SSSR count). The molecule has 2 heteroatoms. The normalized spacial score (nSPS) is 15.3. The van der Waals surface area contributed by atoms with Gasteiger partial charge in [0, 0.05) is 0 Å². The highest BCUT2D eigenvalue weighted by atomic mass is 16.3. The van der Waals surface area contributed by atoms with E-state index in [9.17, 15) is 0 Å². The molecule has 1 aromatic rings. The molecule has 72 valence electrons. The van der Waals surface area contributed by atoms with Crippen LogP contribution in [0.4, 0.5) is 0 Å². The highest BCUT2D eigenvalue weighted by Gasteiger charge is 2.08. The molecule has 0 amide bonds. The second-order valence-corrected chi connectivity index (χ2v) is 3.49. The molecule has 0 aliphatic rings. The molecule has 0 aliphatic carbocycles. The molecule has 2 atom stereocenters. The fraction of sp³-hybridized carbons (Fsp3) is 0.455. The summed E-state index contributed by atoms with van der Waals surface area (Å²) in [4.78, 5) is 0. The van der Waals surface area contributed by atoms with Gasteiger partial charge in [-0.15, -0.1) is 0 Å². The molecule has 0 spiro atoms. The number of aliphatic hydroxyl groups is 1. The zero-order valence-corrected chi connectivity index (χ0v) is 7.98. The second-order valence-electron chi connectivity index (χ2n) is 3.49. The maximum Gasteiger partial charge on any atom is 0.105 e. The zero-order valence-electron chi connectivity index (χ0n) is 7.98. The van der Waals surface area contributed by atoms with Crippen LogP contribution in [0.5, 0.6) is 0 Å². The molecule has 0 fully saturated rings. The largest absolute Gasteiger partial charge is 0.379 e. The van der Waals surface area contributed by atoms with E-state index >= 15 is 0 Å². The molecule has 13 heavy (non-hydrogen) atoms. The molecule has 0 heterocycles.